The molecule has 0 saturated heterocycles. The molecular formula is C12H16N2O. The first-order valence-electron chi connectivity index (χ1n) is 5.24. The minimum Gasteiger partial charge on any atom is -0.439 e. The van der Waals surface area contributed by atoms with Crippen molar-refractivity contribution in [1.29, 1.82) is 0 Å². The molecule has 0 bridgehead atoms. The van der Waals surface area contributed by atoms with Crippen LogP contribution in [0.4, 0.5) is 0 Å². The largest absolute Gasteiger partial charge is 0.439 e. The summed E-state index contributed by atoms with van der Waals surface area (Å²) in [5, 5.41) is 0. The third-order valence-corrected chi connectivity index (χ3v) is 2.48. The normalized spacial score (nSPS) is 13.7. The second-order valence-electron chi connectivity index (χ2n) is 4.22. The van der Waals surface area contributed by atoms with Crippen molar-refractivity contribution in [3.8, 4) is 0 Å². The van der Waals surface area contributed by atoms with Gasteiger partial charge in [-0.2, -0.15) is 0 Å². The number of hydrogen-bond donors (Lipinski definition) is 1. The summed E-state index contributed by atoms with van der Waals surface area (Å²) >= 11 is 0. The van der Waals surface area contributed by atoms with Crippen LogP contribution in [0.15, 0.2) is 22.6 Å². The van der Waals surface area contributed by atoms with Crippen molar-refractivity contribution in [1.82, 2.24) is 4.98 Å². The molecule has 1 heterocycles. The second kappa shape index (κ2) is 3.66. The molecule has 2 N–H and O–H groups in total. The van der Waals surface area contributed by atoms with Crippen LogP contribution in [0.3, 0.4) is 0 Å². The first-order valence-corrected chi connectivity index (χ1v) is 5.24. The minimum atomic E-state index is -0.153. The molecule has 0 spiro atoms. The van der Waals surface area contributed by atoms with E-state index in [1.54, 1.807) is 0 Å². The molecule has 0 aliphatic rings. The van der Waals surface area contributed by atoms with Gasteiger partial charge in [0.1, 0.15) is 5.52 Å². The summed E-state index contributed by atoms with van der Waals surface area (Å²) < 4.78 is 5.53. The van der Waals surface area contributed by atoms with Crippen LogP contribution in [-0.4, -0.2) is 4.98 Å². The van der Waals surface area contributed by atoms with Crippen molar-refractivity contribution >= 4 is 11.1 Å². The molecule has 15 heavy (non-hydrogen) atoms. The van der Waals surface area contributed by atoms with E-state index >= 15 is 0 Å². The summed E-state index contributed by atoms with van der Waals surface area (Å²) in [6.45, 7) is 6.19. The highest BCUT2D eigenvalue weighted by Gasteiger charge is 2.10. The average Bonchev–Trinajstić information content (AvgIpc) is 2.59. The van der Waals surface area contributed by atoms with Gasteiger partial charge in [-0.15, -0.1) is 0 Å². The van der Waals surface area contributed by atoms with Crippen molar-refractivity contribution in [2.24, 2.45) is 5.73 Å². The number of rotatable bonds is 2. The predicted molar refractivity (Wildman–Crippen MR) is 60.7 cm³/mol. The predicted octanol–water partition coefficient (Wildman–Crippen LogP) is 2.97. The molecule has 1 atom stereocenters. The Kier molecular flexibility index (Phi) is 2.49. The lowest BCUT2D eigenvalue weighted by Crippen LogP contribution is -2.04. The van der Waals surface area contributed by atoms with Gasteiger partial charge < -0.3 is 10.2 Å². The van der Waals surface area contributed by atoms with Crippen LogP contribution < -0.4 is 5.73 Å². The molecule has 2 aromatic rings. The van der Waals surface area contributed by atoms with Crippen LogP contribution in [0.2, 0.25) is 0 Å². The smallest absolute Gasteiger partial charge is 0.212 e. The minimum absolute atomic E-state index is 0.153. The Morgan fingerprint density at radius 3 is 2.60 bits per heavy atom. The lowest BCUT2D eigenvalue weighted by atomic mass is 10.0. The van der Waals surface area contributed by atoms with Gasteiger partial charge in [-0.05, 0) is 30.5 Å². The topological polar surface area (TPSA) is 52.0 Å². The second-order valence-corrected chi connectivity index (χ2v) is 4.22. The lowest BCUT2D eigenvalue weighted by molar-refractivity contribution is 0.493. The van der Waals surface area contributed by atoms with Crippen LogP contribution in [0.25, 0.3) is 11.1 Å². The molecule has 2 rings (SSSR count). The van der Waals surface area contributed by atoms with Gasteiger partial charge in [0, 0.05) is 0 Å². The summed E-state index contributed by atoms with van der Waals surface area (Å²) in [6.07, 6.45) is 0. The third-order valence-electron chi connectivity index (χ3n) is 2.48. The Labute approximate surface area is 89.3 Å². The monoisotopic (exact) mass is 204 g/mol. The summed E-state index contributed by atoms with van der Waals surface area (Å²) in [7, 11) is 0. The van der Waals surface area contributed by atoms with E-state index < -0.39 is 0 Å². The number of nitrogens with two attached hydrogens (primary N) is 1. The fourth-order valence-electron chi connectivity index (χ4n) is 1.52. The molecule has 0 radical (unpaired) electrons. The van der Waals surface area contributed by atoms with E-state index in [4.69, 9.17) is 10.2 Å². The Morgan fingerprint density at radius 2 is 2.00 bits per heavy atom. The highest BCUT2D eigenvalue weighted by Crippen LogP contribution is 2.23. The molecule has 1 aromatic heterocycles. The number of benzene rings is 1. The van der Waals surface area contributed by atoms with Crippen LogP contribution in [0.1, 0.15) is 44.2 Å². The first-order chi connectivity index (χ1) is 7.08. The van der Waals surface area contributed by atoms with E-state index in [2.05, 4.69) is 31.0 Å². The highest BCUT2D eigenvalue weighted by molar-refractivity contribution is 5.73. The quantitative estimate of drug-likeness (QED) is 0.818. The number of nitrogens with zero attached hydrogens (tertiary/aromatic N) is 1. The number of oxazole rings is 1. The summed E-state index contributed by atoms with van der Waals surface area (Å²) in [6, 6.07) is 5.95. The lowest BCUT2D eigenvalue weighted by Gasteiger charge is -2.02. The number of hydrogen-bond acceptors (Lipinski definition) is 3. The highest BCUT2D eigenvalue weighted by atomic mass is 16.3. The zero-order valence-corrected chi connectivity index (χ0v) is 9.32. The SMILES string of the molecule is CC(C)c1ccc2oc(C(C)N)nc2c1. The molecule has 0 aliphatic heterocycles. The molecule has 0 saturated carbocycles. The van der Waals surface area contributed by atoms with Crippen molar-refractivity contribution < 1.29 is 4.42 Å². The average molecular weight is 204 g/mol. The van der Waals surface area contributed by atoms with Crippen LogP contribution in [0.5, 0.6) is 0 Å². The fraction of sp³-hybridized carbons (Fsp3) is 0.417. The van der Waals surface area contributed by atoms with E-state index in [0.717, 1.165) is 11.1 Å². The van der Waals surface area contributed by atoms with Crippen molar-refractivity contribution in [2.45, 2.75) is 32.7 Å². The Bertz CT molecular complexity index is 465. The van der Waals surface area contributed by atoms with Gasteiger partial charge in [0.2, 0.25) is 5.89 Å². The van der Waals surface area contributed by atoms with Crippen molar-refractivity contribution in [3.05, 3.63) is 29.7 Å². The third kappa shape index (κ3) is 1.88. The molecule has 0 aliphatic carbocycles. The van der Waals surface area contributed by atoms with E-state index in [0.29, 0.717) is 11.8 Å². The molecule has 0 fully saturated rings. The Morgan fingerprint density at radius 1 is 1.27 bits per heavy atom. The zero-order chi connectivity index (χ0) is 11.0. The first kappa shape index (κ1) is 10.2. The number of fused-ring (bicyclic) bond motifs is 1. The fourth-order valence-corrected chi connectivity index (χ4v) is 1.52. The van der Waals surface area contributed by atoms with Gasteiger partial charge in [-0.3, -0.25) is 0 Å². The van der Waals surface area contributed by atoms with Crippen LogP contribution >= 0.6 is 0 Å². The van der Waals surface area contributed by atoms with Crippen molar-refractivity contribution in [3.63, 3.8) is 0 Å². The summed E-state index contributed by atoms with van der Waals surface area (Å²) in [4.78, 5) is 4.36. The maximum atomic E-state index is 5.72. The number of aromatic nitrogens is 1. The zero-order valence-electron chi connectivity index (χ0n) is 9.32. The molecular weight excluding hydrogens is 188 g/mol. The van der Waals surface area contributed by atoms with E-state index in [1.165, 1.54) is 5.56 Å². The molecule has 1 aromatic carbocycles. The van der Waals surface area contributed by atoms with Gasteiger partial charge >= 0.3 is 0 Å². The molecule has 1 unspecified atom stereocenters. The van der Waals surface area contributed by atoms with Gasteiger partial charge in [0.05, 0.1) is 6.04 Å². The summed E-state index contributed by atoms with van der Waals surface area (Å²) in [5.74, 6) is 1.11. The molecule has 0 amide bonds. The van der Waals surface area contributed by atoms with Gasteiger partial charge in [0.15, 0.2) is 5.58 Å². The Balaban J connectivity index is 2.52. The van der Waals surface area contributed by atoms with E-state index in [9.17, 15) is 0 Å². The Hall–Kier alpha value is -1.35. The van der Waals surface area contributed by atoms with Gasteiger partial charge in [-0.1, -0.05) is 19.9 Å². The maximum Gasteiger partial charge on any atom is 0.212 e. The van der Waals surface area contributed by atoms with E-state index in [-0.39, 0.29) is 6.04 Å². The van der Waals surface area contributed by atoms with Crippen LogP contribution in [0, 0.1) is 0 Å². The van der Waals surface area contributed by atoms with Crippen LogP contribution in [-0.2, 0) is 0 Å². The van der Waals surface area contributed by atoms with Gasteiger partial charge in [0.25, 0.3) is 0 Å². The molecule has 3 nitrogen and oxygen atoms in total. The maximum absolute atomic E-state index is 5.72. The van der Waals surface area contributed by atoms with Gasteiger partial charge in [-0.25, -0.2) is 4.98 Å². The standard InChI is InChI=1S/C12H16N2O/c1-7(2)9-4-5-11-10(6-9)14-12(15-11)8(3)13/h4-8H,13H2,1-3H3. The van der Waals surface area contributed by atoms with Crippen molar-refractivity contribution in [2.75, 3.05) is 0 Å². The van der Waals surface area contributed by atoms with E-state index in [1.807, 2.05) is 13.0 Å². The molecule has 80 valence electrons. The summed E-state index contributed by atoms with van der Waals surface area (Å²) in [5.41, 5.74) is 8.70. The molecule has 3 heteroatoms.